The van der Waals surface area contributed by atoms with E-state index < -0.39 is 5.60 Å². The molecular weight excluding hydrogens is 288 g/mol. The standard InChI is InChI=1S/C20H26O3/c1-18-8-7-15-13(14(18)5-6-16(18)21)4-3-12-9-17(22)20(11-23-20)10-19(12,15)2/h9,13-15H,3-8,10-11H2,1-2H3/t13-,14-,15-,18-,19-,20?/m0/s1. The second-order valence-corrected chi connectivity index (χ2v) is 9.24. The van der Waals surface area contributed by atoms with Crippen LogP contribution >= 0.6 is 0 Å². The van der Waals surface area contributed by atoms with Crippen LogP contribution in [-0.4, -0.2) is 23.8 Å². The molecule has 0 aromatic heterocycles. The number of ether oxygens (including phenoxy) is 1. The number of carbonyl (C=O) groups is 2. The topological polar surface area (TPSA) is 46.7 Å². The summed E-state index contributed by atoms with van der Waals surface area (Å²) in [6.45, 7) is 5.22. The summed E-state index contributed by atoms with van der Waals surface area (Å²) in [5, 5.41) is 0. The van der Waals surface area contributed by atoms with E-state index in [4.69, 9.17) is 4.74 Å². The maximum atomic E-state index is 12.4. The molecule has 3 heteroatoms. The molecule has 3 saturated carbocycles. The molecule has 1 aliphatic heterocycles. The predicted molar refractivity (Wildman–Crippen MR) is 85.8 cm³/mol. The molecule has 1 spiro atoms. The molecule has 4 aliphatic carbocycles. The zero-order valence-corrected chi connectivity index (χ0v) is 14.2. The summed E-state index contributed by atoms with van der Waals surface area (Å²) < 4.78 is 5.62. The molecule has 1 unspecified atom stereocenters. The Hall–Kier alpha value is -0.960. The Labute approximate surface area is 137 Å². The van der Waals surface area contributed by atoms with Crippen molar-refractivity contribution in [3.63, 3.8) is 0 Å². The Bertz CT molecular complexity index is 643. The molecule has 0 aromatic rings. The minimum absolute atomic E-state index is 0.0585. The van der Waals surface area contributed by atoms with Crippen molar-refractivity contribution in [1.82, 2.24) is 0 Å². The van der Waals surface area contributed by atoms with Crippen molar-refractivity contribution in [3.8, 4) is 0 Å². The Morgan fingerprint density at radius 2 is 1.78 bits per heavy atom. The monoisotopic (exact) mass is 314 g/mol. The SMILES string of the molecule is C[C@]12CC3(CO3)C(=O)C=C1CC[C@@H]1[C@@H]2CC[C@]2(C)C(=O)CC[C@@H]12. The van der Waals surface area contributed by atoms with Gasteiger partial charge in [0.05, 0.1) is 6.61 Å². The summed E-state index contributed by atoms with van der Waals surface area (Å²) in [7, 11) is 0. The van der Waals surface area contributed by atoms with Crippen LogP contribution in [0.4, 0.5) is 0 Å². The van der Waals surface area contributed by atoms with E-state index in [0.717, 1.165) is 38.5 Å². The van der Waals surface area contributed by atoms with Crippen molar-refractivity contribution < 1.29 is 14.3 Å². The lowest BCUT2D eigenvalue weighted by molar-refractivity contribution is -0.133. The summed E-state index contributed by atoms with van der Waals surface area (Å²) in [6.07, 6.45) is 9.08. The van der Waals surface area contributed by atoms with E-state index in [1.54, 1.807) is 0 Å². The van der Waals surface area contributed by atoms with Gasteiger partial charge < -0.3 is 4.74 Å². The average molecular weight is 314 g/mol. The number of fused-ring (bicyclic) bond motifs is 5. The first-order chi connectivity index (χ1) is 10.9. The van der Waals surface area contributed by atoms with Crippen LogP contribution in [0.15, 0.2) is 11.6 Å². The normalized spacial score (nSPS) is 54.3. The van der Waals surface area contributed by atoms with E-state index in [2.05, 4.69) is 13.8 Å². The van der Waals surface area contributed by atoms with Gasteiger partial charge in [0, 0.05) is 11.8 Å². The lowest BCUT2D eigenvalue weighted by atomic mass is 9.46. The molecule has 124 valence electrons. The highest BCUT2D eigenvalue weighted by atomic mass is 16.6. The van der Waals surface area contributed by atoms with Crippen LogP contribution in [0, 0.1) is 28.6 Å². The number of allylic oxidation sites excluding steroid dienone is 1. The molecule has 3 nitrogen and oxygen atoms in total. The highest BCUT2D eigenvalue weighted by Crippen LogP contribution is 2.66. The molecule has 5 aliphatic rings. The van der Waals surface area contributed by atoms with E-state index >= 15 is 0 Å². The first-order valence-corrected chi connectivity index (χ1v) is 9.32. The third-order valence-corrected chi connectivity index (χ3v) is 8.35. The number of rotatable bonds is 0. The van der Waals surface area contributed by atoms with Gasteiger partial charge in [0.15, 0.2) is 11.4 Å². The predicted octanol–water partition coefficient (Wildman–Crippen LogP) is 3.47. The van der Waals surface area contributed by atoms with Gasteiger partial charge in [0.2, 0.25) is 0 Å². The van der Waals surface area contributed by atoms with E-state index in [1.165, 1.54) is 12.0 Å². The largest absolute Gasteiger partial charge is 0.361 e. The first-order valence-electron chi connectivity index (χ1n) is 9.32. The molecule has 0 aromatic carbocycles. The summed E-state index contributed by atoms with van der Waals surface area (Å²) in [5.41, 5.74) is 0.946. The number of epoxide rings is 1. The fourth-order valence-corrected chi connectivity index (χ4v) is 6.88. The maximum absolute atomic E-state index is 12.4. The van der Waals surface area contributed by atoms with E-state index in [0.29, 0.717) is 30.1 Å². The van der Waals surface area contributed by atoms with Crippen LogP contribution in [0.25, 0.3) is 0 Å². The average Bonchev–Trinajstić information content (AvgIpc) is 3.21. The van der Waals surface area contributed by atoms with Gasteiger partial charge in [0.1, 0.15) is 5.78 Å². The van der Waals surface area contributed by atoms with Gasteiger partial charge in [0.25, 0.3) is 0 Å². The van der Waals surface area contributed by atoms with Crippen LogP contribution in [0.1, 0.15) is 58.8 Å². The minimum Gasteiger partial charge on any atom is -0.361 e. The van der Waals surface area contributed by atoms with Crippen molar-refractivity contribution in [3.05, 3.63) is 11.6 Å². The highest BCUT2D eigenvalue weighted by Gasteiger charge is 2.64. The number of Topliss-reactive ketones (excluding diaryl/α,β-unsaturated/α-hetero) is 1. The van der Waals surface area contributed by atoms with Crippen molar-refractivity contribution in [2.45, 2.75) is 64.4 Å². The molecule has 4 fully saturated rings. The zero-order chi connectivity index (χ0) is 16.0. The van der Waals surface area contributed by atoms with Crippen molar-refractivity contribution >= 4 is 11.6 Å². The van der Waals surface area contributed by atoms with E-state index in [9.17, 15) is 9.59 Å². The summed E-state index contributed by atoms with van der Waals surface area (Å²) in [6, 6.07) is 0. The van der Waals surface area contributed by atoms with Crippen LogP contribution in [0.5, 0.6) is 0 Å². The van der Waals surface area contributed by atoms with Gasteiger partial charge >= 0.3 is 0 Å². The second kappa shape index (κ2) is 4.17. The fourth-order valence-electron chi connectivity index (χ4n) is 6.88. The summed E-state index contributed by atoms with van der Waals surface area (Å²) >= 11 is 0. The van der Waals surface area contributed by atoms with Gasteiger partial charge in [-0.3, -0.25) is 9.59 Å². The smallest absolute Gasteiger partial charge is 0.189 e. The van der Waals surface area contributed by atoms with Gasteiger partial charge in [-0.1, -0.05) is 19.4 Å². The second-order valence-electron chi connectivity index (χ2n) is 9.24. The molecule has 1 heterocycles. The Morgan fingerprint density at radius 3 is 2.52 bits per heavy atom. The molecule has 5 rings (SSSR count). The van der Waals surface area contributed by atoms with Crippen LogP contribution in [0.3, 0.4) is 0 Å². The molecule has 0 radical (unpaired) electrons. The quantitative estimate of drug-likeness (QED) is 0.643. The fraction of sp³-hybridized carbons (Fsp3) is 0.800. The summed E-state index contributed by atoms with van der Waals surface area (Å²) in [5.74, 6) is 2.57. The Kier molecular flexibility index (Phi) is 2.61. The Morgan fingerprint density at radius 1 is 1.04 bits per heavy atom. The summed E-state index contributed by atoms with van der Waals surface area (Å²) in [4.78, 5) is 24.8. The van der Waals surface area contributed by atoms with Gasteiger partial charge in [-0.05, 0) is 67.8 Å². The zero-order valence-electron chi connectivity index (χ0n) is 14.2. The lowest BCUT2D eigenvalue weighted by Gasteiger charge is -2.57. The lowest BCUT2D eigenvalue weighted by Crippen LogP contribution is -2.53. The highest BCUT2D eigenvalue weighted by molar-refractivity contribution is 6.01. The molecule has 0 amide bonds. The maximum Gasteiger partial charge on any atom is 0.189 e. The van der Waals surface area contributed by atoms with Crippen molar-refractivity contribution in [2.75, 3.05) is 6.61 Å². The molecule has 6 atom stereocenters. The molecule has 0 bridgehead atoms. The number of hydrogen-bond donors (Lipinski definition) is 0. The molecule has 1 saturated heterocycles. The molecule has 23 heavy (non-hydrogen) atoms. The Balaban J connectivity index is 1.54. The number of hydrogen-bond acceptors (Lipinski definition) is 3. The third-order valence-electron chi connectivity index (χ3n) is 8.35. The number of ketones is 2. The molecular formula is C20H26O3. The molecule has 0 N–H and O–H groups in total. The van der Waals surface area contributed by atoms with Gasteiger partial charge in [-0.25, -0.2) is 0 Å². The third kappa shape index (κ3) is 1.65. The minimum atomic E-state index is -0.480. The van der Waals surface area contributed by atoms with Crippen LogP contribution < -0.4 is 0 Å². The van der Waals surface area contributed by atoms with Gasteiger partial charge in [-0.15, -0.1) is 0 Å². The van der Waals surface area contributed by atoms with Gasteiger partial charge in [-0.2, -0.15) is 0 Å². The van der Waals surface area contributed by atoms with Crippen molar-refractivity contribution in [2.24, 2.45) is 28.6 Å². The first kappa shape index (κ1) is 14.4. The van der Waals surface area contributed by atoms with E-state index in [-0.39, 0.29) is 16.6 Å². The number of carbonyl (C=O) groups excluding carboxylic acids is 2. The van der Waals surface area contributed by atoms with Crippen molar-refractivity contribution in [1.29, 1.82) is 0 Å². The van der Waals surface area contributed by atoms with Crippen LogP contribution in [-0.2, 0) is 14.3 Å². The van der Waals surface area contributed by atoms with E-state index in [1.807, 2.05) is 6.08 Å². The van der Waals surface area contributed by atoms with Crippen LogP contribution in [0.2, 0.25) is 0 Å².